The molecular formula is C16H23ClN2O2. The van der Waals surface area contributed by atoms with E-state index in [2.05, 4.69) is 17.6 Å². The number of carbonyl (C=O) groups is 1. The average molecular weight is 311 g/mol. The number of anilines is 1. The van der Waals surface area contributed by atoms with E-state index < -0.39 is 5.54 Å². The molecule has 0 bridgehead atoms. The number of hydrogen-bond donors (Lipinski definition) is 3. The van der Waals surface area contributed by atoms with Crippen molar-refractivity contribution < 1.29 is 9.90 Å². The van der Waals surface area contributed by atoms with Gasteiger partial charge in [0.2, 0.25) is 0 Å². The van der Waals surface area contributed by atoms with Crippen LogP contribution in [0.25, 0.3) is 0 Å². The number of carbonyl (C=O) groups excluding carboxylic acids is 1. The van der Waals surface area contributed by atoms with Crippen LogP contribution in [0.3, 0.4) is 0 Å². The van der Waals surface area contributed by atoms with Gasteiger partial charge in [-0.2, -0.15) is 0 Å². The van der Waals surface area contributed by atoms with Crippen LogP contribution in [0.5, 0.6) is 0 Å². The summed E-state index contributed by atoms with van der Waals surface area (Å²) in [5, 5.41) is 16.0. The third-order valence-electron chi connectivity index (χ3n) is 4.34. The molecule has 116 valence electrons. The van der Waals surface area contributed by atoms with E-state index >= 15 is 0 Å². The van der Waals surface area contributed by atoms with Crippen molar-refractivity contribution in [2.45, 2.75) is 45.1 Å². The summed E-state index contributed by atoms with van der Waals surface area (Å²) in [5.74, 6) is 0.658. The summed E-state index contributed by atoms with van der Waals surface area (Å²) in [7, 11) is 0. The Bertz CT molecular complexity index is 511. The summed E-state index contributed by atoms with van der Waals surface area (Å²) >= 11 is 6.05. The smallest absolute Gasteiger partial charge is 0.319 e. The minimum Gasteiger partial charge on any atom is -0.394 e. The Hall–Kier alpha value is -1.26. The molecule has 0 atom stereocenters. The highest BCUT2D eigenvalue weighted by atomic mass is 35.5. The van der Waals surface area contributed by atoms with Crippen molar-refractivity contribution in [1.29, 1.82) is 0 Å². The predicted molar refractivity (Wildman–Crippen MR) is 85.8 cm³/mol. The molecule has 4 nitrogen and oxygen atoms in total. The maximum atomic E-state index is 12.1. The van der Waals surface area contributed by atoms with Gasteiger partial charge in [-0.05, 0) is 56.2 Å². The highest BCUT2D eigenvalue weighted by Crippen LogP contribution is 2.31. The van der Waals surface area contributed by atoms with Crippen LogP contribution in [0.4, 0.5) is 10.5 Å². The fraction of sp³-hybridized carbons (Fsp3) is 0.562. The molecule has 3 N–H and O–H groups in total. The monoisotopic (exact) mass is 310 g/mol. The molecule has 0 unspecified atom stereocenters. The molecule has 1 aromatic carbocycles. The summed E-state index contributed by atoms with van der Waals surface area (Å²) in [5.41, 5.74) is 1.13. The minimum atomic E-state index is -0.495. The topological polar surface area (TPSA) is 61.4 Å². The van der Waals surface area contributed by atoms with Crippen LogP contribution in [0.15, 0.2) is 18.2 Å². The Balaban J connectivity index is 1.98. The van der Waals surface area contributed by atoms with E-state index in [4.69, 9.17) is 11.6 Å². The number of urea groups is 1. The van der Waals surface area contributed by atoms with E-state index in [1.807, 2.05) is 19.1 Å². The van der Waals surface area contributed by atoms with E-state index in [0.29, 0.717) is 16.6 Å². The molecular weight excluding hydrogens is 288 g/mol. The molecule has 0 saturated heterocycles. The fourth-order valence-corrected chi connectivity index (χ4v) is 2.89. The van der Waals surface area contributed by atoms with Gasteiger partial charge in [0.1, 0.15) is 0 Å². The third kappa shape index (κ3) is 4.11. The summed E-state index contributed by atoms with van der Waals surface area (Å²) in [4.78, 5) is 12.1. The Morgan fingerprint density at radius 3 is 2.67 bits per heavy atom. The molecule has 1 aromatic rings. The van der Waals surface area contributed by atoms with Crippen LogP contribution < -0.4 is 10.6 Å². The molecule has 5 heteroatoms. The molecule has 1 aliphatic rings. The maximum absolute atomic E-state index is 12.1. The van der Waals surface area contributed by atoms with Crippen molar-refractivity contribution in [3.63, 3.8) is 0 Å². The number of aliphatic hydroxyl groups excluding tert-OH is 1. The van der Waals surface area contributed by atoms with E-state index in [1.165, 1.54) is 0 Å². The summed E-state index contributed by atoms with van der Waals surface area (Å²) in [6, 6.07) is 5.11. The lowest BCUT2D eigenvalue weighted by Gasteiger charge is -2.38. The number of rotatable bonds is 3. The molecule has 1 saturated carbocycles. The zero-order valence-electron chi connectivity index (χ0n) is 12.6. The average Bonchev–Trinajstić information content (AvgIpc) is 2.46. The summed E-state index contributed by atoms with van der Waals surface area (Å²) in [6.45, 7) is 4.09. The first-order valence-electron chi connectivity index (χ1n) is 7.40. The van der Waals surface area contributed by atoms with Crippen LogP contribution in [0.1, 0.15) is 38.2 Å². The van der Waals surface area contributed by atoms with Gasteiger partial charge in [-0.1, -0.05) is 24.6 Å². The van der Waals surface area contributed by atoms with Crippen LogP contribution >= 0.6 is 11.6 Å². The minimum absolute atomic E-state index is 0.0260. The van der Waals surface area contributed by atoms with Crippen molar-refractivity contribution in [2.75, 3.05) is 11.9 Å². The quantitative estimate of drug-likeness (QED) is 0.797. The third-order valence-corrected chi connectivity index (χ3v) is 4.75. The molecule has 1 fully saturated rings. The van der Waals surface area contributed by atoms with Crippen LogP contribution in [-0.2, 0) is 0 Å². The second-order valence-electron chi connectivity index (χ2n) is 6.16. The molecule has 0 radical (unpaired) electrons. The van der Waals surface area contributed by atoms with E-state index in [9.17, 15) is 9.90 Å². The Morgan fingerprint density at radius 2 is 2.10 bits per heavy atom. The first-order valence-corrected chi connectivity index (χ1v) is 7.78. The number of nitrogens with one attached hydrogen (secondary N) is 2. The van der Waals surface area contributed by atoms with Crippen LogP contribution in [0, 0.1) is 12.8 Å². The highest BCUT2D eigenvalue weighted by Gasteiger charge is 2.35. The molecule has 2 rings (SSSR count). The standard InChI is InChI=1S/C16H23ClN2O2/c1-11-5-7-16(10-20,8-6-11)19-15(21)18-13-4-3-12(2)14(17)9-13/h3-4,9,11,20H,5-8,10H2,1-2H3,(H2,18,19,21). The lowest BCUT2D eigenvalue weighted by molar-refractivity contribution is 0.113. The van der Waals surface area contributed by atoms with Gasteiger partial charge in [-0.15, -0.1) is 0 Å². The van der Waals surface area contributed by atoms with Gasteiger partial charge in [-0.3, -0.25) is 0 Å². The number of hydrogen-bond acceptors (Lipinski definition) is 2. The number of amides is 2. The zero-order chi connectivity index (χ0) is 15.5. The number of aliphatic hydroxyl groups is 1. The molecule has 0 heterocycles. The van der Waals surface area contributed by atoms with Gasteiger partial charge >= 0.3 is 6.03 Å². The van der Waals surface area contributed by atoms with Gasteiger partial charge in [0.25, 0.3) is 0 Å². The zero-order valence-corrected chi connectivity index (χ0v) is 13.3. The second kappa shape index (κ2) is 6.67. The lowest BCUT2D eigenvalue weighted by Crippen LogP contribution is -2.54. The van der Waals surface area contributed by atoms with Crippen molar-refractivity contribution in [1.82, 2.24) is 5.32 Å². The molecule has 0 spiro atoms. The van der Waals surface area contributed by atoms with Gasteiger partial charge in [0, 0.05) is 10.7 Å². The first kappa shape index (κ1) is 16.1. The lowest BCUT2D eigenvalue weighted by atomic mass is 9.77. The first-order chi connectivity index (χ1) is 9.94. The van der Waals surface area contributed by atoms with E-state index in [0.717, 1.165) is 31.2 Å². The van der Waals surface area contributed by atoms with Crippen molar-refractivity contribution in [3.05, 3.63) is 28.8 Å². The second-order valence-corrected chi connectivity index (χ2v) is 6.57. The van der Waals surface area contributed by atoms with Crippen molar-refractivity contribution in [2.24, 2.45) is 5.92 Å². The van der Waals surface area contributed by atoms with Crippen molar-refractivity contribution in [3.8, 4) is 0 Å². The number of benzene rings is 1. The van der Waals surface area contributed by atoms with Crippen molar-refractivity contribution >= 4 is 23.3 Å². The molecule has 1 aliphatic carbocycles. The highest BCUT2D eigenvalue weighted by molar-refractivity contribution is 6.31. The van der Waals surface area contributed by atoms with Crippen LogP contribution in [0.2, 0.25) is 5.02 Å². The number of aryl methyl sites for hydroxylation is 1. The predicted octanol–water partition coefficient (Wildman–Crippen LogP) is 3.71. The van der Waals surface area contributed by atoms with E-state index in [1.54, 1.807) is 6.07 Å². The molecule has 0 aromatic heterocycles. The maximum Gasteiger partial charge on any atom is 0.319 e. The summed E-state index contributed by atoms with van der Waals surface area (Å²) in [6.07, 6.45) is 3.67. The Kier molecular flexibility index (Phi) is 5.12. The van der Waals surface area contributed by atoms with Gasteiger partial charge in [0.15, 0.2) is 0 Å². The van der Waals surface area contributed by atoms with Gasteiger partial charge in [-0.25, -0.2) is 4.79 Å². The molecule has 21 heavy (non-hydrogen) atoms. The van der Waals surface area contributed by atoms with Crippen LogP contribution in [-0.4, -0.2) is 23.3 Å². The largest absolute Gasteiger partial charge is 0.394 e. The fourth-order valence-electron chi connectivity index (χ4n) is 2.71. The Labute approximate surface area is 130 Å². The number of halogens is 1. The molecule has 0 aliphatic heterocycles. The van der Waals surface area contributed by atoms with E-state index in [-0.39, 0.29) is 12.6 Å². The van der Waals surface area contributed by atoms with Gasteiger partial charge < -0.3 is 15.7 Å². The summed E-state index contributed by atoms with van der Waals surface area (Å²) < 4.78 is 0. The Morgan fingerprint density at radius 1 is 1.43 bits per heavy atom. The molecule has 2 amide bonds. The van der Waals surface area contributed by atoms with Gasteiger partial charge in [0.05, 0.1) is 12.1 Å². The normalized spacial score (nSPS) is 25.4. The SMILES string of the molecule is Cc1ccc(NC(=O)NC2(CO)CCC(C)CC2)cc1Cl.